The van der Waals surface area contributed by atoms with E-state index >= 15 is 0 Å². The number of hydrogen-bond donors (Lipinski definition) is 1. The van der Waals surface area contributed by atoms with Crippen LogP contribution in [-0.4, -0.2) is 24.5 Å². The summed E-state index contributed by atoms with van der Waals surface area (Å²) in [6.07, 6.45) is 5.06. The summed E-state index contributed by atoms with van der Waals surface area (Å²) in [4.78, 5) is 2.59. The van der Waals surface area contributed by atoms with E-state index in [-0.39, 0.29) is 6.04 Å². The molecule has 1 aliphatic rings. The molecule has 2 N–H and O–H groups in total. The maximum Gasteiger partial charge on any atom is 0.0409 e. The Morgan fingerprint density at radius 1 is 1.29 bits per heavy atom. The van der Waals surface area contributed by atoms with Gasteiger partial charge in [-0.15, -0.1) is 0 Å². The number of halogens is 1. The third-order valence-electron chi connectivity index (χ3n) is 4.84. The first-order chi connectivity index (χ1) is 10.1. The molecule has 0 amide bonds. The molecule has 1 heterocycles. The summed E-state index contributed by atoms with van der Waals surface area (Å²) >= 11 is 6.04. The molecule has 0 spiro atoms. The predicted octanol–water partition coefficient (Wildman–Crippen LogP) is 4.49. The summed E-state index contributed by atoms with van der Waals surface area (Å²) in [7, 11) is 0. The summed E-state index contributed by atoms with van der Waals surface area (Å²) in [6.45, 7) is 8.26. The van der Waals surface area contributed by atoms with Crippen molar-refractivity contribution >= 4 is 11.6 Å². The van der Waals surface area contributed by atoms with Gasteiger partial charge in [0.15, 0.2) is 0 Å². The van der Waals surface area contributed by atoms with Crippen LogP contribution in [0.4, 0.5) is 0 Å². The second kappa shape index (κ2) is 8.17. The molecule has 118 valence electrons. The lowest BCUT2D eigenvalue weighted by molar-refractivity contribution is 0.262. The highest BCUT2D eigenvalue weighted by molar-refractivity contribution is 6.30. The molecule has 0 bridgehead atoms. The van der Waals surface area contributed by atoms with Gasteiger partial charge in [0.2, 0.25) is 0 Å². The first-order valence-electron chi connectivity index (χ1n) is 8.29. The first kappa shape index (κ1) is 16.8. The van der Waals surface area contributed by atoms with Crippen LogP contribution in [0.5, 0.6) is 0 Å². The zero-order valence-electron chi connectivity index (χ0n) is 13.4. The molecule has 0 aliphatic carbocycles. The summed E-state index contributed by atoms with van der Waals surface area (Å²) < 4.78 is 0. The lowest BCUT2D eigenvalue weighted by atomic mass is 9.89. The van der Waals surface area contributed by atoms with E-state index in [1.807, 2.05) is 18.2 Å². The molecule has 0 saturated carbocycles. The second-order valence-electron chi connectivity index (χ2n) is 6.73. The Morgan fingerprint density at radius 3 is 2.81 bits per heavy atom. The highest BCUT2D eigenvalue weighted by Crippen LogP contribution is 2.25. The van der Waals surface area contributed by atoms with Crippen LogP contribution in [0.1, 0.15) is 51.1 Å². The van der Waals surface area contributed by atoms with Crippen molar-refractivity contribution in [1.82, 2.24) is 4.90 Å². The molecule has 3 heteroatoms. The third kappa shape index (κ3) is 5.28. The van der Waals surface area contributed by atoms with Crippen LogP contribution in [0.25, 0.3) is 0 Å². The van der Waals surface area contributed by atoms with Crippen molar-refractivity contribution in [3.05, 3.63) is 34.9 Å². The van der Waals surface area contributed by atoms with Gasteiger partial charge >= 0.3 is 0 Å². The van der Waals surface area contributed by atoms with Gasteiger partial charge in [0.25, 0.3) is 0 Å². The smallest absolute Gasteiger partial charge is 0.0409 e. The fourth-order valence-electron chi connectivity index (χ4n) is 3.30. The van der Waals surface area contributed by atoms with E-state index in [0.29, 0.717) is 0 Å². The molecule has 21 heavy (non-hydrogen) atoms. The van der Waals surface area contributed by atoms with Crippen LogP contribution >= 0.6 is 11.6 Å². The quantitative estimate of drug-likeness (QED) is 0.868. The van der Waals surface area contributed by atoms with Crippen LogP contribution in [0.2, 0.25) is 5.02 Å². The monoisotopic (exact) mass is 308 g/mol. The minimum Gasteiger partial charge on any atom is -0.324 e. The number of likely N-dealkylation sites (tertiary alicyclic amines) is 1. The number of nitrogens with zero attached hydrogens (tertiary/aromatic N) is 1. The van der Waals surface area contributed by atoms with Crippen molar-refractivity contribution in [2.75, 3.05) is 19.6 Å². The van der Waals surface area contributed by atoms with Gasteiger partial charge in [0, 0.05) is 11.1 Å². The summed E-state index contributed by atoms with van der Waals surface area (Å²) in [5, 5.41) is 0.775. The Balaban J connectivity index is 1.80. The average Bonchev–Trinajstić information content (AvgIpc) is 2.70. The first-order valence-corrected chi connectivity index (χ1v) is 8.67. The number of hydrogen-bond acceptors (Lipinski definition) is 2. The molecule has 1 aromatic rings. The maximum atomic E-state index is 6.31. The van der Waals surface area contributed by atoms with Gasteiger partial charge in [-0.25, -0.2) is 0 Å². The zero-order chi connectivity index (χ0) is 15.2. The summed E-state index contributed by atoms with van der Waals surface area (Å²) in [5.74, 6) is 1.72. The minimum atomic E-state index is 0.0906. The van der Waals surface area contributed by atoms with E-state index in [4.69, 9.17) is 17.3 Å². The van der Waals surface area contributed by atoms with E-state index in [0.717, 1.165) is 35.4 Å². The maximum absolute atomic E-state index is 6.31. The molecular formula is C18H29ClN2. The number of rotatable bonds is 5. The lowest BCUT2D eigenvalue weighted by Gasteiger charge is -2.23. The van der Waals surface area contributed by atoms with E-state index in [1.165, 1.54) is 32.4 Å². The Hall–Kier alpha value is -0.570. The Morgan fingerprint density at radius 2 is 2.10 bits per heavy atom. The molecule has 2 atom stereocenters. The van der Waals surface area contributed by atoms with Crippen LogP contribution in [0, 0.1) is 11.8 Å². The second-order valence-corrected chi connectivity index (χ2v) is 7.16. The van der Waals surface area contributed by atoms with Crippen molar-refractivity contribution in [2.24, 2.45) is 17.6 Å². The van der Waals surface area contributed by atoms with Gasteiger partial charge < -0.3 is 10.6 Å². The summed E-state index contributed by atoms with van der Waals surface area (Å²) in [5.41, 5.74) is 7.46. The normalized spacial score (nSPS) is 22.2. The van der Waals surface area contributed by atoms with Crippen LogP contribution in [0.15, 0.2) is 24.3 Å². The highest BCUT2D eigenvalue weighted by Gasteiger charge is 2.19. The van der Waals surface area contributed by atoms with E-state index < -0.39 is 0 Å². The molecule has 1 saturated heterocycles. The SMILES string of the molecule is CC(C)C1CCCN(CCC(N)c2cccc(Cl)c2)CC1. The van der Waals surface area contributed by atoms with Gasteiger partial charge in [-0.2, -0.15) is 0 Å². The fraction of sp³-hybridized carbons (Fsp3) is 0.667. The Kier molecular flexibility index (Phi) is 6.53. The minimum absolute atomic E-state index is 0.0906. The van der Waals surface area contributed by atoms with Gasteiger partial charge in [-0.1, -0.05) is 37.6 Å². The van der Waals surface area contributed by atoms with Gasteiger partial charge in [0.1, 0.15) is 0 Å². The van der Waals surface area contributed by atoms with Gasteiger partial charge in [-0.05, 0) is 74.8 Å². The molecule has 2 rings (SSSR count). The van der Waals surface area contributed by atoms with Crippen molar-refractivity contribution in [3.63, 3.8) is 0 Å². The average molecular weight is 309 g/mol. The third-order valence-corrected chi connectivity index (χ3v) is 5.08. The highest BCUT2D eigenvalue weighted by atomic mass is 35.5. The van der Waals surface area contributed by atoms with E-state index in [2.05, 4.69) is 24.8 Å². The van der Waals surface area contributed by atoms with Gasteiger partial charge in [-0.3, -0.25) is 0 Å². The Bertz CT molecular complexity index is 433. The lowest BCUT2D eigenvalue weighted by Crippen LogP contribution is -2.28. The topological polar surface area (TPSA) is 29.3 Å². The molecule has 1 fully saturated rings. The van der Waals surface area contributed by atoms with E-state index in [1.54, 1.807) is 0 Å². The molecule has 1 aliphatic heterocycles. The molecular weight excluding hydrogens is 280 g/mol. The van der Waals surface area contributed by atoms with Gasteiger partial charge in [0.05, 0.1) is 0 Å². The largest absolute Gasteiger partial charge is 0.324 e. The number of nitrogens with two attached hydrogens (primary N) is 1. The molecule has 2 unspecified atom stereocenters. The fourth-order valence-corrected chi connectivity index (χ4v) is 3.50. The van der Waals surface area contributed by atoms with E-state index in [9.17, 15) is 0 Å². The molecule has 0 radical (unpaired) electrons. The van der Waals surface area contributed by atoms with Crippen LogP contribution in [0.3, 0.4) is 0 Å². The molecule has 2 nitrogen and oxygen atoms in total. The van der Waals surface area contributed by atoms with Crippen molar-refractivity contribution in [3.8, 4) is 0 Å². The van der Waals surface area contributed by atoms with Crippen LogP contribution in [-0.2, 0) is 0 Å². The predicted molar refractivity (Wildman–Crippen MR) is 91.6 cm³/mol. The van der Waals surface area contributed by atoms with Crippen molar-refractivity contribution in [1.29, 1.82) is 0 Å². The standard InChI is InChI=1S/C18H29ClN2/c1-14(2)15-6-4-10-21(11-8-15)12-9-18(20)16-5-3-7-17(19)13-16/h3,5,7,13-15,18H,4,6,8-12,20H2,1-2H3. The van der Waals surface area contributed by atoms with Crippen molar-refractivity contribution < 1.29 is 0 Å². The summed E-state index contributed by atoms with van der Waals surface area (Å²) in [6, 6.07) is 8.04. The zero-order valence-corrected chi connectivity index (χ0v) is 14.1. The molecule has 1 aromatic carbocycles. The number of benzene rings is 1. The van der Waals surface area contributed by atoms with Crippen molar-refractivity contribution in [2.45, 2.75) is 45.6 Å². The van der Waals surface area contributed by atoms with Crippen LogP contribution < -0.4 is 5.73 Å². The molecule has 0 aromatic heterocycles. The Labute approximate surface area is 134 Å².